The molecule has 8 heteroatoms. The number of benzene rings is 1. The Hall–Kier alpha value is -2.19. The molecule has 0 aliphatic heterocycles. The van der Waals surface area contributed by atoms with Gasteiger partial charge in [0, 0.05) is 24.8 Å². The molecule has 0 bridgehead atoms. The second-order valence-electron chi connectivity index (χ2n) is 3.70. The van der Waals surface area contributed by atoms with Crippen LogP contribution in [0.2, 0.25) is 0 Å². The number of aliphatic hydroxyl groups is 2. The molecule has 104 valence electrons. The number of anilines is 1. The number of carboxylic acids is 1. The highest BCUT2D eigenvalue weighted by Gasteiger charge is 2.21. The van der Waals surface area contributed by atoms with Crippen LogP contribution in [0.5, 0.6) is 0 Å². The highest BCUT2D eigenvalue weighted by atomic mass is 16.6. The zero-order valence-corrected chi connectivity index (χ0v) is 10.0. The van der Waals surface area contributed by atoms with Gasteiger partial charge in [-0.3, -0.25) is 10.1 Å². The van der Waals surface area contributed by atoms with Crippen LogP contribution in [-0.2, 0) is 0 Å². The quantitative estimate of drug-likeness (QED) is 0.473. The molecule has 1 aromatic carbocycles. The summed E-state index contributed by atoms with van der Waals surface area (Å²) >= 11 is 0. The summed E-state index contributed by atoms with van der Waals surface area (Å²) in [5.74, 6) is -1.38. The van der Waals surface area contributed by atoms with Crippen LogP contribution in [0.1, 0.15) is 10.4 Å². The van der Waals surface area contributed by atoms with E-state index < -0.39 is 22.1 Å². The van der Waals surface area contributed by atoms with Crippen LogP contribution < -0.4 is 4.90 Å². The molecule has 0 unspecified atom stereocenters. The van der Waals surface area contributed by atoms with Crippen molar-refractivity contribution in [3.05, 3.63) is 33.9 Å². The maximum absolute atomic E-state index is 10.9. The van der Waals surface area contributed by atoms with Gasteiger partial charge >= 0.3 is 5.97 Å². The Morgan fingerprint density at radius 3 is 2.26 bits per heavy atom. The molecule has 0 heterocycles. The van der Waals surface area contributed by atoms with Gasteiger partial charge in [0.15, 0.2) is 0 Å². The van der Waals surface area contributed by atoms with Crippen LogP contribution >= 0.6 is 0 Å². The average molecular weight is 270 g/mol. The lowest BCUT2D eigenvalue weighted by molar-refractivity contribution is -0.385. The number of rotatable bonds is 7. The minimum absolute atomic E-state index is 0.185. The lowest BCUT2D eigenvalue weighted by Crippen LogP contribution is -2.29. The first-order valence-electron chi connectivity index (χ1n) is 5.49. The van der Waals surface area contributed by atoms with Crippen LogP contribution in [0, 0.1) is 10.1 Å². The molecule has 3 N–H and O–H groups in total. The Labute approximate surface area is 108 Å². The number of aromatic carboxylic acids is 1. The summed E-state index contributed by atoms with van der Waals surface area (Å²) < 4.78 is 0. The molecule has 8 nitrogen and oxygen atoms in total. The van der Waals surface area contributed by atoms with Gasteiger partial charge in [-0.25, -0.2) is 4.79 Å². The molecular weight excluding hydrogens is 256 g/mol. The van der Waals surface area contributed by atoms with Crippen molar-refractivity contribution in [3.8, 4) is 0 Å². The number of nitro groups is 1. The molecule has 0 amide bonds. The van der Waals surface area contributed by atoms with Crippen molar-refractivity contribution in [1.29, 1.82) is 0 Å². The first-order chi connectivity index (χ1) is 9.01. The fourth-order valence-electron chi connectivity index (χ4n) is 1.66. The highest BCUT2D eigenvalue weighted by Crippen LogP contribution is 2.25. The molecule has 0 atom stereocenters. The molecule has 1 rings (SSSR count). The highest BCUT2D eigenvalue weighted by molar-refractivity contribution is 5.93. The summed E-state index contributed by atoms with van der Waals surface area (Å²) in [6, 6.07) is 3.66. The van der Waals surface area contributed by atoms with E-state index in [0.29, 0.717) is 5.69 Å². The topological polar surface area (TPSA) is 124 Å². The Morgan fingerprint density at radius 1 is 1.26 bits per heavy atom. The van der Waals surface area contributed by atoms with Gasteiger partial charge < -0.3 is 20.2 Å². The first kappa shape index (κ1) is 14.9. The molecule has 0 saturated carbocycles. The third kappa shape index (κ3) is 3.63. The van der Waals surface area contributed by atoms with Crippen molar-refractivity contribution in [2.75, 3.05) is 31.2 Å². The zero-order chi connectivity index (χ0) is 14.4. The average Bonchev–Trinajstić information content (AvgIpc) is 2.37. The SMILES string of the molecule is O=C(O)c1ccc(N(CCO)CCO)cc1[N+](=O)[O-]. The smallest absolute Gasteiger partial charge is 0.342 e. The van der Waals surface area contributed by atoms with Crippen LogP contribution in [0.25, 0.3) is 0 Å². The van der Waals surface area contributed by atoms with Crippen molar-refractivity contribution in [2.24, 2.45) is 0 Å². The predicted octanol–water partition coefficient (Wildman–Crippen LogP) is 0.0840. The molecular formula is C11H14N2O6. The number of nitro benzene ring substituents is 1. The molecule has 0 fully saturated rings. The number of nitrogens with zero attached hydrogens (tertiary/aromatic N) is 2. The fraction of sp³-hybridized carbons (Fsp3) is 0.364. The van der Waals surface area contributed by atoms with Gasteiger partial charge in [-0.1, -0.05) is 0 Å². The first-order valence-corrected chi connectivity index (χ1v) is 5.49. The third-order valence-electron chi connectivity index (χ3n) is 2.51. The van der Waals surface area contributed by atoms with Crippen LogP contribution in [0.3, 0.4) is 0 Å². The fourth-order valence-corrected chi connectivity index (χ4v) is 1.66. The van der Waals surface area contributed by atoms with Gasteiger partial charge in [-0.15, -0.1) is 0 Å². The zero-order valence-electron chi connectivity index (χ0n) is 10.0. The molecule has 0 spiro atoms. The summed E-state index contributed by atoms with van der Waals surface area (Å²) in [7, 11) is 0. The van der Waals surface area contributed by atoms with Gasteiger partial charge in [0.05, 0.1) is 18.1 Å². The van der Waals surface area contributed by atoms with E-state index in [2.05, 4.69) is 0 Å². The van der Waals surface area contributed by atoms with Gasteiger partial charge in [0.25, 0.3) is 5.69 Å². The van der Waals surface area contributed by atoms with E-state index in [4.69, 9.17) is 15.3 Å². The summed E-state index contributed by atoms with van der Waals surface area (Å²) in [6.45, 7) is -0.00275. The van der Waals surface area contributed by atoms with Gasteiger partial charge in [-0.05, 0) is 12.1 Å². The van der Waals surface area contributed by atoms with E-state index in [9.17, 15) is 14.9 Å². The van der Waals surface area contributed by atoms with E-state index in [1.807, 2.05) is 0 Å². The maximum Gasteiger partial charge on any atom is 0.342 e. The van der Waals surface area contributed by atoms with E-state index in [1.54, 1.807) is 0 Å². The molecule has 0 aromatic heterocycles. The third-order valence-corrected chi connectivity index (χ3v) is 2.51. The number of hydrogen-bond acceptors (Lipinski definition) is 6. The van der Waals surface area contributed by atoms with Crippen molar-refractivity contribution < 1.29 is 25.0 Å². The molecule has 0 aliphatic carbocycles. The molecule has 1 aromatic rings. The Bertz CT molecular complexity index is 470. The molecule has 19 heavy (non-hydrogen) atoms. The molecule has 0 saturated heterocycles. The number of hydrogen-bond donors (Lipinski definition) is 3. The molecule has 0 aliphatic rings. The number of aliphatic hydroxyl groups excluding tert-OH is 2. The van der Waals surface area contributed by atoms with Crippen molar-refractivity contribution >= 4 is 17.3 Å². The Morgan fingerprint density at radius 2 is 1.84 bits per heavy atom. The van der Waals surface area contributed by atoms with Gasteiger partial charge in [-0.2, -0.15) is 0 Å². The maximum atomic E-state index is 10.9. The number of carbonyl (C=O) groups is 1. The predicted molar refractivity (Wildman–Crippen MR) is 66.4 cm³/mol. The van der Waals surface area contributed by atoms with E-state index >= 15 is 0 Å². The normalized spacial score (nSPS) is 10.2. The number of carboxylic acid groups (broad SMARTS) is 1. The summed E-state index contributed by atoms with van der Waals surface area (Å²) in [6.07, 6.45) is 0. The second-order valence-corrected chi connectivity index (χ2v) is 3.70. The van der Waals surface area contributed by atoms with Crippen molar-refractivity contribution in [3.63, 3.8) is 0 Å². The standard InChI is InChI=1S/C11H14N2O6/c14-5-3-12(4-6-15)8-1-2-9(11(16)17)10(7-8)13(18)19/h1-2,7,14-15H,3-6H2,(H,16,17). The second kappa shape index (κ2) is 6.66. The summed E-state index contributed by atoms with van der Waals surface area (Å²) in [5, 5.41) is 37.5. The Kier molecular flexibility index (Phi) is 5.22. The molecule has 0 radical (unpaired) electrons. The largest absolute Gasteiger partial charge is 0.477 e. The van der Waals surface area contributed by atoms with Crippen LogP contribution in [0.4, 0.5) is 11.4 Å². The van der Waals surface area contributed by atoms with Crippen LogP contribution in [0.15, 0.2) is 18.2 Å². The summed E-state index contributed by atoms with van der Waals surface area (Å²) in [4.78, 5) is 22.5. The Balaban J connectivity index is 3.19. The summed E-state index contributed by atoms with van der Waals surface area (Å²) in [5.41, 5.74) is -0.549. The van der Waals surface area contributed by atoms with E-state index in [0.717, 1.165) is 12.1 Å². The van der Waals surface area contributed by atoms with Gasteiger partial charge in [0.2, 0.25) is 0 Å². The van der Waals surface area contributed by atoms with Crippen molar-refractivity contribution in [1.82, 2.24) is 0 Å². The minimum Gasteiger partial charge on any atom is -0.477 e. The van der Waals surface area contributed by atoms with Crippen LogP contribution in [-0.4, -0.2) is 52.5 Å². The monoisotopic (exact) mass is 270 g/mol. The van der Waals surface area contributed by atoms with Gasteiger partial charge in [0.1, 0.15) is 5.56 Å². The van der Waals surface area contributed by atoms with E-state index in [-0.39, 0.29) is 26.3 Å². The van der Waals surface area contributed by atoms with E-state index in [1.165, 1.54) is 11.0 Å². The lowest BCUT2D eigenvalue weighted by Gasteiger charge is -2.22. The minimum atomic E-state index is -1.38. The lowest BCUT2D eigenvalue weighted by atomic mass is 10.1. The van der Waals surface area contributed by atoms with Crippen molar-refractivity contribution in [2.45, 2.75) is 0 Å².